The summed E-state index contributed by atoms with van der Waals surface area (Å²) in [5, 5.41) is 11.2. The summed E-state index contributed by atoms with van der Waals surface area (Å²) >= 11 is 5.72. The van der Waals surface area contributed by atoms with Gasteiger partial charge in [-0.2, -0.15) is 0 Å². The zero-order valence-electron chi connectivity index (χ0n) is 10.4. The number of nitro benzene ring substituents is 1. The van der Waals surface area contributed by atoms with E-state index in [-0.39, 0.29) is 23.2 Å². The Kier molecular flexibility index (Phi) is 4.49. The predicted octanol–water partition coefficient (Wildman–Crippen LogP) is 1.77. The van der Waals surface area contributed by atoms with E-state index in [1.54, 1.807) is 27.2 Å². The fourth-order valence-corrected chi connectivity index (χ4v) is 1.56. The highest BCUT2D eigenvalue weighted by Crippen LogP contribution is 2.30. The van der Waals surface area contributed by atoms with E-state index in [0.29, 0.717) is 5.69 Å². The van der Waals surface area contributed by atoms with Gasteiger partial charge in [0.1, 0.15) is 5.69 Å². The Labute approximate surface area is 110 Å². The van der Waals surface area contributed by atoms with Gasteiger partial charge in [-0.1, -0.05) is 11.6 Å². The van der Waals surface area contributed by atoms with Crippen LogP contribution in [0.15, 0.2) is 18.2 Å². The summed E-state index contributed by atoms with van der Waals surface area (Å²) in [7, 11) is 4.89. The number of amides is 1. The molecule has 0 aliphatic rings. The molecule has 0 N–H and O–H groups in total. The maximum atomic E-state index is 11.6. The lowest BCUT2D eigenvalue weighted by Crippen LogP contribution is -2.34. The maximum absolute atomic E-state index is 11.6. The molecule has 0 fully saturated rings. The van der Waals surface area contributed by atoms with Crippen molar-refractivity contribution in [1.29, 1.82) is 0 Å². The standard InChI is InChI=1S/C11H14ClN3O3/c1-13(2)11(16)7-14(3)9-5-4-8(12)6-10(9)15(17)18/h4-6H,7H2,1-3H3. The van der Waals surface area contributed by atoms with Gasteiger partial charge in [-0.15, -0.1) is 0 Å². The Morgan fingerprint density at radius 2 is 2.00 bits per heavy atom. The summed E-state index contributed by atoms with van der Waals surface area (Å²) in [6.45, 7) is 0.0650. The van der Waals surface area contributed by atoms with E-state index in [1.807, 2.05) is 0 Å². The summed E-state index contributed by atoms with van der Waals surface area (Å²) in [6.07, 6.45) is 0. The molecule has 0 heterocycles. The normalized spacial score (nSPS) is 10.0. The molecule has 1 amide bonds. The van der Waals surface area contributed by atoms with Crippen molar-refractivity contribution in [3.05, 3.63) is 33.3 Å². The number of rotatable bonds is 4. The summed E-state index contributed by atoms with van der Waals surface area (Å²) in [6, 6.07) is 4.36. The molecule has 18 heavy (non-hydrogen) atoms. The van der Waals surface area contributed by atoms with E-state index in [9.17, 15) is 14.9 Å². The summed E-state index contributed by atoms with van der Waals surface area (Å²) in [5.41, 5.74) is 0.246. The molecule has 0 bridgehead atoms. The topological polar surface area (TPSA) is 66.7 Å². The Bertz CT molecular complexity index is 477. The number of nitrogens with zero attached hydrogens (tertiary/aromatic N) is 3. The largest absolute Gasteiger partial charge is 0.360 e. The van der Waals surface area contributed by atoms with Gasteiger partial charge in [0, 0.05) is 32.2 Å². The molecule has 0 saturated carbocycles. The van der Waals surface area contributed by atoms with Crippen LogP contribution in [0.3, 0.4) is 0 Å². The van der Waals surface area contributed by atoms with Gasteiger partial charge in [0.05, 0.1) is 11.5 Å². The van der Waals surface area contributed by atoms with Crippen molar-refractivity contribution in [1.82, 2.24) is 4.90 Å². The molecular weight excluding hydrogens is 258 g/mol. The van der Waals surface area contributed by atoms with Crippen LogP contribution >= 0.6 is 11.6 Å². The molecular formula is C11H14ClN3O3. The van der Waals surface area contributed by atoms with Crippen LogP contribution < -0.4 is 4.90 Å². The van der Waals surface area contributed by atoms with Gasteiger partial charge in [-0.25, -0.2) is 0 Å². The van der Waals surface area contributed by atoms with Crippen molar-refractivity contribution in [2.45, 2.75) is 0 Å². The maximum Gasteiger partial charge on any atom is 0.294 e. The molecule has 1 aromatic rings. The number of carbonyl (C=O) groups is 1. The minimum Gasteiger partial charge on any atom is -0.360 e. The highest BCUT2D eigenvalue weighted by molar-refractivity contribution is 6.30. The average Bonchev–Trinajstić information content (AvgIpc) is 2.28. The fourth-order valence-electron chi connectivity index (χ4n) is 1.40. The number of carbonyl (C=O) groups excluding carboxylic acids is 1. The van der Waals surface area contributed by atoms with Crippen molar-refractivity contribution >= 4 is 28.9 Å². The van der Waals surface area contributed by atoms with E-state index in [0.717, 1.165) is 0 Å². The number of likely N-dealkylation sites (N-methyl/N-ethyl adjacent to an activating group) is 2. The summed E-state index contributed by atoms with van der Waals surface area (Å²) in [4.78, 5) is 24.9. The Balaban J connectivity index is 3.02. The van der Waals surface area contributed by atoms with Crippen LogP contribution in [-0.2, 0) is 4.79 Å². The average molecular weight is 272 g/mol. The van der Waals surface area contributed by atoms with Gasteiger partial charge in [0.15, 0.2) is 0 Å². The second kappa shape index (κ2) is 5.68. The third-order valence-electron chi connectivity index (χ3n) is 2.42. The Morgan fingerprint density at radius 1 is 1.39 bits per heavy atom. The van der Waals surface area contributed by atoms with Crippen LogP contribution in [0.25, 0.3) is 0 Å². The number of benzene rings is 1. The van der Waals surface area contributed by atoms with Crippen molar-refractivity contribution < 1.29 is 9.72 Å². The minimum atomic E-state index is -0.516. The van der Waals surface area contributed by atoms with Gasteiger partial charge in [-0.3, -0.25) is 14.9 Å². The summed E-state index contributed by atoms with van der Waals surface area (Å²) < 4.78 is 0. The van der Waals surface area contributed by atoms with Crippen LogP contribution in [0.1, 0.15) is 0 Å². The second-order valence-electron chi connectivity index (χ2n) is 4.03. The Hall–Kier alpha value is -1.82. The molecule has 0 aliphatic carbocycles. The van der Waals surface area contributed by atoms with Crippen LogP contribution in [-0.4, -0.2) is 43.4 Å². The van der Waals surface area contributed by atoms with Crippen LogP contribution in [0.4, 0.5) is 11.4 Å². The lowest BCUT2D eigenvalue weighted by molar-refractivity contribution is -0.384. The molecule has 0 atom stereocenters. The smallest absolute Gasteiger partial charge is 0.294 e. The van der Waals surface area contributed by atoms with E-state index in [2.05, 4.69) is 0 Å². The quantitative estimate of drug-likeness (QED) is 0.618. The zero-order chi connectivity index (χ0) is 13.9. The molecule has 0 unspecified atom stereocenters. The lowest BCUT2D eigenvalue weighted by atomic mass is 10.2. The molecule has 0 aliphatic heterocycles. The number of hydrogen-bond donors (Lipinski definition) is 0. The highest BCUT2D eigenvalue weighted by Gasteiger charge is 2.19. The van der Waals surface area contributed by atoms with Gasteiger partial charge in [-0.05, 0) is 12.1 Å². The fraction of sp³-hybridized carbons (Fsp3) is 0.364. The van der Waals surface area contributed by atoms with E-state index < -0.39 is 4.92 Å². The third kappa shape index (κ3) is 3.33. The molecule has 0 spiro atoms. The molecule has 7 heteroatoms. The van der Waals surface area contributed by atoms with Gasteiger partial charge in [0.2, 0.25) is 5.91 Å². The monoisotopic (exact) mass is 271 g/mol. The van der Waals surface area contributed by atoms with Gasteiger partial charge < -0.3 is 9.80 Å². The molecule has 6 nitrogen and oxygen atoms in total. The van der Waals surface area contributed by atoms with Crippen LogP contribution in [0.5, 0.6) is 0 Å². The van der Waals surface area contributed by atoms with Crippen molar-refractivity contribution in [2.75, 3.05) is 32.6 Å². The molecule has 1 rings (SSSR count). The van der Waals surface area contributed by atoms with Crippen LogP contribution in [0, 0.1) is 10.1 Å². The SMILES string of the molecule is CN(C)C(=O)CN(C)c1ccc(Cl)cc1[N+](=O)[O-]. The molecule has 1 aromatic carbocycles. The van der Waals surface area contributed by atoms with Gasteiger partial charge >= 0.3 is 0 Å². The molecule has 98 valence electrons. The predicted molar refractivity (Wildman–Crippen MR) is 70.1 cm³/mol. The molecule has 0 radical (unpaired) electrons. The highest BCUT2D eigenvalue weighted by atomic mass is 35.5. The first-order valence-corrected chi connectivity index (χ1v) is 5.56. The van der Waals surface area contributed by atoms with Gasteiger partial charge in [0.25, 0.3) is 5.69 Å². The first-order valence-electron chi connectivity index (χ1n) is 5.18. The molecule has 0 aromatic heterocycles. The van der Waals surface area contributed by atoms with E-state index >= 15 is 0 Å². The minimum absolute atomic E-state index is 0.0650. The van der Waals surface area contributed by atoms with E-state index in [1.165, 1.54) is 21.9 Å². The van der Waals surface area contributed by atoms with E-state index in [4.69, 9.17) is 11.6 Å². The second-order valence-corrected chi connectivity index (χ2v) is 4.47. The number of hydrogen-bond acceptors (Lipinski definition) is 4. The summed E-state index contributed by atoms with van der Waals surface area (Å²) in [5.74, 6) is -0.137. The first-order chi connectivity index (χ1) is 8.32. The van der Waals surface area contributed by atoms with Crippen molar-refractivity contribution in [3.8, 4) is 0 Å². The van der Waals surface area contributed by atoms with Crippen molar-refractivity contribution in [3.63, 3.8) is 0 Å². The zero-order valence-corrected chi connectivity index (χ0v) is 11.1. The first kappa shape index (κ1) is 14.2. The van der Waals surface area contributed by atoms with Crippen LogP contribution in [0.2, 0.25) is 5.02 Å². The molecule has 0 saturated heterocycles. The third-order valence-corrected chi connectivity index (χ3v) is 2.65. The number of nitro groups is 1. The lowest BCUT2D eigenvalue weighted by Gasteiger charge is -2.20. The number of halogens is 1. The number of anilines is 1. The Morgan fingerprint density at radius 3 is 2.50 bits per heavy atom. The van der Waals surface area contributed by atoms with Crippen molar-refractivity contribution in [2.24, 2.45) is 0 Å².